The average molecular weight is 467 g/mol. The summed E-state index contributed by atoms with van der Waals surface area (Å²) in [7, 11) is 0. The van der Waals surface area contributed by atoms with Gasteiger partial charge in [0.25, 0.3) is 0 Å². The number of urea groups is 1. The lowest BCUT2D eigenvalue weighted by Gasteiger charge is -2.15. The molecule has 0 atom stereocenters. The Kier molecular flexibility index (Phi) is 14.6. The van der Waals surface area contributed by atoms with Crippen LogP contribution < -0.4 is 16.0 Å². The highest BCUT2D eigenvalue weighted by molar-refractivity contribution is 14.0. The topological polar surface area (TPSA) is 85.8 Å². The summed E-state index contributed by atoms with van der Waals surface area (Å²) in [5, 5.41) is 8.87. The summed E-state index contributed by atoms with van der Waals surface area (Å²) in [4.78, 5) is 28.7. The van der Waals surface area contributed by atoms with Crippen molar-refractivity contribution in [3.8, 4) is 0 Å². The third kappa shape index (κ3) is 10.5. The van der Waals surface area contributed by atoms with Gasteiger partial charge in [0.05, 0.1) is 6.54 Å². The number of aliphatic imine (C=N–C) groups is 1. The molecule has 0 saturated carbocycles. The van der Waals surface area contributed by atoms with Crippen molar-refractivity contribution in [2.75, 3.05) is 32.7 Å². The first-order chi connectivity index (χ1) is 11.7. The second kappa shape index (κ2) is 15.2. The summed E-state index contributed by atoms with van der Waals surface area (Å²) in [6.45, 7) is 6.79. The minimum Gasteiger partial charge on any atom is -0.357 e. The maximum atomic E-state index is 11.5. The van der Waals surface area contributed by atoms with Crippen LogP contribution in [-0.2, 0) is 4.79 Å². The molecule has 146 valence electrons. The number of hydrogen-bond donors (Lipinski definition) is 3. The van der Waals surface area contributed by atoms with E-state index in [-0.39, 0.29) is 42.5 Å². The first kappa shape index (κ1) is 23.9. The average Bonchev–Trinajstić information content (AvgIpc) is 2.89. The third-order valence-electron chi connectivity index (χ3n) is 3.94. The van der Waals surface area contributed by atoms with Crippen molar-refractivity contribution in [1.82, 2.24) is 20.9 Å². The van der Waals surface area contributed by atoms with Crippen molar-refractivity contribution >= 4 is 41.9 Å². The van der Waals surface area contributed by atoms with E-state index in [4.69, 9.17) is 0 Å². The number of carbonyl (C=O) groups is 2. The minimum atomic E-state index is -0.313. The van der Waals surface area contributed by atoms with Crippen LogP contribution in [0.25, 0.3) is 0 Å². The van der Waals surface area contributed by atoms with Gasteiger partial charge >= 0.3 is 6.03 Å². The van der Waals surface area contributed by atoms with Crippen molar-refractivity contribution in [3.63, 3.8) is 0 Å². The van der Waals surface area contributed by atoms with Gasteiger partial charge in [-0.2, -0.15) is 0 Å². The fourth-order valence-electron chi connectivity index (χ4n) is 2.57. The molecule has 1 saturated heterocycles. The molecule has 0 spiro atoms. The van der Waals surface area contributed by atoms with E-state index in [2.05, 4.69) is 27.9 Å². The smallest absolute Gasteiger partial charge is 0.324 e. The second-order valence-corrected chi connectivity index (χ2v) is 6.01. The van der Waals surface area contributed by atoms with Gasteiger partial charge in [0.15, 0.2) is 5.96 Å². The zero-order chi connectivity index (χ0) is 17.6. The Hall–Kier alpha value is -1.06. The molecule has 1 aliphatic heterocycles. The summed E-state index contributed by atoms with van der Waals surface area (Å²) in [5.41, 5.74) is 0. The molecule has 1 heterocycles. The molecule has 0 aromatic heterocycles. The van der Waals surface area contributed by atoms with E-state index in [0.717, 1.165) is 25.5 Å². The number of nitrogens with zero attached hydrogens (tertiary/aromatic N) is 2. The molecular formula is C17H34IN5O2. The zero-order valence-corrected chi connectivity index (χ0v) is 17.9. The Labute approximate surface area is 168 Å². The molecule has 0 unspecified atom stereocenters. The van der Waals surface area contributed by atoms with Gasteiger partial charge in [-0.1, -0.05) is 45.4 Å². The van der Waals surface area contributed by atoms with Crippen molar-refractivity contribution < 1.29 is 9.59 Å². The van der Waals surface area contributed by atoms with Gasteiger partial charge in [0.2, 0.25) is 5.91 Å². The van der Waals surface area contributed by atoms with Crippen LogP contribution in [0.1, 0.15) is 58.8 Å². The van der Waals surface area contributed by atoms with Crippen molar-refractivity contribution in [3.05, 3.63) is 0 Å². The molecule has 0 aliphatic carbocycles. The van der Waals surface area contributed by atoms with Crippen LogP contribution in [-0.4, -0.2) is 55.5 Å². The van der Waals surface area contributed by atoms with Crippen LogP contribution in [0.2, 0.25) is 0 Å². The number of unbranched alkanes of at least 4 members (excludes halogenated alkanes) is 6. The van der Waals surface area contributed by atoms with Gasteiger partial charge in [0.1, 0.15) is 0 Å². The molecule has 0 aromatic carbocycles. The molecule has 3 amide bonds. The van der Waals surface area contributed by atoms with Crippen molar-refractivity contribution in [1.29, 1.82) is 0 Å². The number of hydrogen-bond acceptors (Lipinski definition) is 3. The van der Waals surface area contributed by atoms with E-state index in [1.54, 1.807) is 0 Å². The van der Waals surface area contributed by atoms with Crippen LogP contribution in [0.5, 0.6) is 0 Å². The van der Waals surface area contributed by atoms with E-state index >= 15 is 0 Å². The molecule has 0 radical (unpaired) electrons. The summed E-state index contributed by atoms with van der Waals surface area (Å²) in [6.07, 6.45) is 8.88. The monoisotopic (exact) mass is 467 g/mol. The number of halogens is 1. The molecule has 1 aliphatic rings. The van der Waals surface area contributed by atoms with Gasteiger partial charge < -0.3 is 16.0 Å². The van der Waals surface area contributed by atoms with E-state index in [1.165, 1.54) is 43.4 Å². The quantitative estimate of drug-likeness (QED) is 0.135. The molecule has 0 aromatic rings. The minimum absolute atomic E-state index is 0. The fraction of sp³-hybridized carbons (Fsp3) is 0.824. The van der Waals surface area contributed by atoms with Crippen LogP contribution in [0.15, 0.2) is 4.99 Å². The lowest BCUT2D eigenvalue weighted by Crippen LogP contribution is -2.43. The molecule has 7 nitrogen and oxygen atoms in total. The number of nitrogens with one attached hydrogen (secondary N) is 3. The maximum Gasteiger partial charge on any atom is 0.324 e. The highest BCUT2D eigenvalue weighted by Gasteiger charge is 2.27. The third-order valence-corrected chi connectivity index (χ3v) is 3.94. The number of amides is 3. The molecule has 3 N–H and O–H groups in total. The largest absolute Gasteiger partial charge is 0.357 e. The summed E-state index contributed by atoms with van der Waals surface area (Å²) in [6, 6.07) is -0.313. The second-order valence-electron chi connectivity index (χ2n) is 6.01. The van der Waals surface area contributed by atoms with Gasteiger partial charge in [-0.15, -0.1) is 24.0 Å². The molecule has 1 rings (SSSR count). The Balaban J connectivity index is 0.00000576. The highest BCUT2D eigenvalue weighted by Crippen LogP contribution is 2.06. The predicted octanol–water partition coefficient (Wildman–Crippen LogP) is 2.46. The number of guanidine groups is 1. The zero-order valence-electron chi connectivity index (χ0n) is 15.6. The fourth-order valence-corrected chi connectivity index (χ4v) is 2.57. The normalized spacial score (nSPS) is 14.3. The van der Waals surface area contributed by atoms with E-state index in [9.17, 15) is 9.59 Å². The molecular weight excluding hydrogens is 433 g/mol. The lowest BCUT2D eigenvalue weighted by atomic mass is 10.1. The molecule has 1 fully saturated rings. The standard InChI is InChI=1S/C17H33N5O2.HI/c1-3-5-6-7-8-9-10-11-19-16(18-4-2)20-12-13-22-15(23)14-21-17(22)24;/h3-14H2,1-2H3,(H,21,24)(H2,18,19,20);1H. The van der Waals surface area contributed by atoms with Gasteiger partial charge in [-0.25, -0.2) is 4.79 Å². The van der Waals surface area contributed by atoms with Crippen LogP contribution in [0.3, 0.4) is 0 Å². The van der Waals surface area contributed by atoms with Gasteiger partial charge in [-0.05, 0) is 13.3 Å². The molecule has 25 heavy (non-hydrogen) atoms. The summed E-state index contributed by atoms with van der Waals surface area (Å²) in [5.74, 6) is 0.572. The van der Waals surface area contributed by atoms with Gasteiger partial charge in [-0.3, -0.25) is 14.7 Å². The van der Waals surface area contributed by atoms with Crippen LogP contribution in [0, 0.1) is 0 Å². The van der Waals surface area contributed by atoms with Crippen LogP contribution >= 0.6 is 24.0 Å². The van der Waals surface area contributed by atoms with Crippen LogP contribution in [0.4, 0.5) is 4.79 Å². The Bertz CT molecular complexity index is 402. The first-order valence-electron chi connectivity index (χ1n) is 9.29. The Morgan fingerprint density at radius 2 is 1.76 bits per heavy atom. The van der Waals surface area contributed by atoms with E-state index < -0.39 is 0 Å². The number of carbonyl (C=O) groups excluding carboxylic acids is 2. The Morgan fingerprint density at radius 3 is 2.36 bits per heavy atom. The van der Waals surface area contributed by atoms with E-state index in [0.29, 0.717) is 13.1 Å². The van der Waals surface area contributed by atoms with Crippen molar-refractivity contribution in [2.24, 2.45) is 4.99 Å². The summed E-state index contributed by atoms with van der Waals surface area (Å²) < 4.78 is 0. The van der Waals surface area contributed by atoms with Crippen molar-refractivity contribution in [2.45, 2.75) is 58.8 Å². The highest BCUT2D eigenvalue weighted by atomic mass is 127. The Morgan fingerprint density at radius 1 is 1.08 bits per heavy atom. The lowest BCUT2D eigenvalue weighted by molar-refractivity contribution is -0.124. The van der Waals surface area contributed by atoms with Gasteiger partial charge in [0, 0.05) is 26.2 Å². The number of rotatable bonds is 12. The molecule has 8 heteroatoms. The first-order valence-corrected chi connectivity index (χ1v) is 9.29. The SMILES string of the molecule is CCCCCCCCCN=C(NCC)NCCN1C(=O)CNC1=O.I. The molecule has 0 bridgehead atoms. The maximum absolute atomic E-state index is 11.5. The van der Waals surface area contributed by atoms with E-state index in [1.807, 2.05) is 6.92 Å². The summed E-state index contributed by atoms with van der Waals surface area (Å²) >= 11 is 0. The predicted molar refractivity (Wildman–Crippen MR) is 113 cm³/mol. The number of imide groups is 1.